The second-order valence-electron chi connectivity index (χ2n) is 7.13. The standard InChI is InChI=1S/C19H32N4O2S/c1-5-20-19(22-16(4)15(2)3)21-14-17-8-10-18(11-9-17)26(24,25)23-12-6-7-13-23/h8-11,15-16H,5-7,12-14H2,1-4H3,(H2,20,21,22). The van der Waals surface area contributed by atoms with E-state index in [0.29, 0.717) is 36.5 Å². The maximum atomic E-state index is 12.6. The zero-order chi connectivity index (χ0) is 19.2. The number of benzene rings is 1. The summed E-state index contributed by atoms with van der Waals surface area (Å²) >= 11 is 0. The predicted octanol–water partition coefficient (Wildman–Crippen LogP) is 2.57. The number of nitrogens with one attached hydrogen (secondary N) is 2. The number of hydrogen-bond acceptors (Lipinski definition) is 3. The number of hydrogen-bond donors (Lipinski definition) is 2. The Morgan fingerprint density at radius 1 is 1.15 bits per heavy atom. The molecule has 7 heteroatoms. The quantitative estimate of drug-likeness (QED) is 0.563. The van der Waals surface area contributed by atoms with Gasteiger partial charge in [-0.3, -0.25) is 0 Å². The van der Waals surface area contributed by atoms with Gasteiger partial charge in [0.15, 0.2) is 5.96 Å². The summed E-state index contributed by atoms with van der Waals surface area (Å²) in [6.45, 7) is 11.1. The summed E-state index contributed by atoms with van der Waals surface area (Å²) in [5.41, 5.74) is 0.986. The van der Waals surface area contributed by atoms with Gasteiger partial charge in [-0.1, -0.05) is 26.0 Å². The molecule has 6 nitrogen and oxygen atoms in total. The molecule has 1 saturated heterocycles. The van der Waals surface area contributed by atoms with Gasteiger partial charge in [0.05, 0.1) is 11.4 Å². The van der Waals surface area contributed by atoms with Crippen molar-refractivity contribution in [3.8, 4) is 0 Å². The van der Waals surface area contributed by atoms with E-state index in [1.54, 1.807) is 16.4 Å². The highest BCUT2D eigenvalue weighted by Crippen LogP contribution is 2.21. The SMILES string of the molecule is CCNC(=NCc1ccc(S(=O)(=O)N2CCCC2)cc1)NC(C)C(C)C. The van der Waals surface area contributed by atoms with E-state index in [1.165, 1.54) is 0 Å². The van der Waals surface area contributed by atoms with Crippen molar-refractivity contribution in [3.63, 3.8) is 0 Å². The van der Waals surface area contributed by atoms with Gasteiger partial charge in [-0.05, 0) is 50.3 Å². The Hall–Kier alpha value is -1.60. The summed E-state index contributed by atoms with van der Waals surface area (Å²) in [6, 6.07) is 7.40. The topological polar surface area (TPSA) is 73.8 Å². The van der Waals surface area contributed by atoms with Crippen LogP contribution < -0.4 is 10.6 Å². The second kappa shape index (κ2) is 9.37. The van der Waals surface area contributed by atoms with Crippen molar-refractivity contribution in [2.75, 3.05) is 19.6 Å². The van der Waals surface area contributed by atoms with Gasteiger partial charge in [-0.25, -0.2) is 13.4 Å². The van der Waals surface area contributed by atoms with E-state index in [2.05, 4.69) is 36.4 Å². The smallest absolute Gasteiger partial charge is 0.243 e. The number of nitrogens with zero attached hydrogens (tertiary/aromatic N) is 2. The molecule has 1 aromatic rings. The first kappa shape index (κ1) is 20.7. The van der Waals surface area contributed by atoms with E-state index in [9.17, 15) is 8.42 Å². The average molecular weight is 381 g/mol. The molecule has 0 radical (unpaired) electrons. The third-order valence-corrected chi connectivity index (χ3v) is 6.67. The summed E-state index contributed by atoms with van der Waals surface area (Å²) in [4.78, 5) is 4.98. The highest BCUT2D eigenvalue weighted by atomic mass is 32.2. The molecule has 0 aliphatic carbocycles. The van der Waals surface area contributed by atoms with Crippen LogP contribution in [0.1, 0.15) is 46.1 Å². The first-order valence-electron chi connectivity index (χ1n) is 9.48. The summed E-state index contributed by atoms with van der Waals surface area (Å²) in [5, 5.41) is 6.64. The van der Waals surface area contributed by atoms with Gasteiger partial charge < -0.3 is 10.6 Å². The molecule has 146 valence electrons. The molecular formula is C19H32N4O2S. The molecule has 1 unspecified atom stereocenters. The molecule has 1 aliphatic rings. The Morgan fingerprint density at radius 3 is 2.31 bits per heavy atom. The fourth-order valence-corrected chi connectivity index (χ4v) is 4.23. The Morgan fingerprint density at radius 2 is 1.77 bits per heavy atom. The molecule has 1 aromatic carbocycles. The van der Waals surface area contributed by atoms with Gasteiger partial charge in [0, 0.05) is 25.7 Å². The van der Waals surface area contributed by atoms with E-state index >= 15 is 0 Å². The normalized spacial score (nSPS) is 17.5. The Balaban J connectivity index is 2.05. The van der Waals surface area contributed by atoms with Crippen LogP contribution in [0.3, 0.4) is 0 Å². The monoisotopic (exact) mass is 380 g/mol. The molecule has 2 rings (SSSR count). The van der Waals surface area contributed by atoms with Gasteiger partial charge >= 0.3 is 0 Å². The summed E-state index contributed by atoms with van der Waals surface area (Å²) in [5.74, 6) is 1.29. The van der Waals surface area contributed by atoms with Crippen molar-refractivity contribution in [1.29, 1.82) is 0 Å². The summed E-state index contributed by atoms with van der Waals surface area (Å²) in [7, 11) is -3.35. The van der Waals surface area contributed by atoms with E-state index in [0.717, 1.165) is 30.9 Å². The van der Waals surface area contributed by atoms with Gasteiger partial charge in [-0.2, -0.15) is 4.31 Å². The largest absolute Gasteiger partial charge is 0.357 e. The Kier molecular flexibility index (Phi) is 7.46. The lowest BCUT2D eigenvalue weighted by atomic mass is 10.1. The highest BCUT2D eigenvalue weighted by Gasteiger charge is 2.26. The van der Waals surface area contributed by atoms with E-state index in [-0.39, 0.29) is 0 Å². The molecule has 0 bridgehead atoms. The van der Waals surface area contributed by atoms with E-state index in [1.807, 2.05) is 19.1 Å². The minimum Gasteiger partial charge on any atom is -0.357 e. The van der Waals surface area contributed by atoms with E-state index < -0.39 is 10.0 Å². The third-order valence-electron chi connectivity index (χ3n) is 4.75. The minimum absolute atomic E-state index is 0.320. The van der Waals surface area contributed by atoms with Crippen LogP contribution >= 0.6 is 0 Å². The molecule has 0 amide bonds. The lowest BCUT2D eigenvalue weighted by Gasteiger charge is -2.20. The molecule has 0 spiro atoms. The van der Waals surface area contributed by atoms with Crippen LogP contribution in [0, 0.1) is 5.92 Å². The fourth-order valence-electron chi connectivity index (χ4n) is 2.72. The third kappa shape index (κ3) is 5.45. The van der Waals surface area contributed by atoms with Crippen molar-refractivity contribution in [3.05, 3.63) is 29.8 Å². The van der Waals surface area contributed by atoms with Crippen LogP contribution in [-0.2, 0) is 16.6 Å². The fraction of sp³-hybridized carbons (Fsp3) is 0.632. The number of guanidine groups is 1. The molecule has 2 N–H and O–H groups in total. The Labute approximate surface area is 158 Å². The van der Waals surface area contributed by atoms with Gasteiger partial charge in [0.25, 0.3) is 0 Å². The van der Waals surface area contributed by atoms with Crippen LogP contribution in [0.15, 0.2) is 34.2 Å². The van der Waals surface area contributed by atoms with Crippen LogP contribution in [-0.4, -0.2) is 44.4 Å². The molecular weight excluding hydrogens is 348 g/mol. The first-order chi connectivity index (χ1) is 12.3. The number of rotatable bonds is 7. The molecule has 1 fully saturated rings. The number of sulfonamides is 1. The Bertz CT molecular complexity index is 693. The average Bonchev–Trinajstić information content (AvgIpc) is 3.15. The molecule has 1 atom stereocenters. The van der Waals surface area contributed by atoms with Crippen molar-refractivity contribution < 1.29 is 8.42 Å². The zero-order valence-corrected chi connectivity index (χ0v) is 17.1. The molecule has 26 heavy (non-hydrogen) atoms. The van der Waals surface area contributed by atoms with Crippen molar-refractivity contribution >= 4 is 16.0 Å². The van der Waals surface area contributed by atoms with Crippen LogP contribution in [0.2, 0.25) is 0 Å². The minimum atomic E-state index is -3.35. The maximum absolute atomic E-state index is 12.6. The van der Waals surface area contributed by atoms with Crippen molar-refractivity contribution in [2.45, 2.75) is 58.0 Å². The highest BCUT2D eigenvalue weighted by molar-refractivity contribution is 7.89. The second-order valence-corrected chi connectivity index (χ2v) is 9.07. The number of aliphatic imine (C=N–C) groups is 1. The van der Waals surface area contributed by atoms with E-state index in [4.69, 9.17) is 0 Å². The van der Waals surface area contributed by atoms with Gasteiger partial charge in [-0.15, -0.1) is 0 Å². The van der Waals surface area contributed by atoms with Crippen molar-refractivity contribution in [1.82, 2.24) is 14.9 Å². The maximum Gasteiger partial charge on any atom is 0.243 e. The zero-order valence-electron chi connectivity index (χ0n) is 16.3. The molecule has 0 aromatic heterocycles. The van der Waals surface area contributed by atoms with Gasteiger partial charge in [0.1, 0.15) is 0 Å². The van der Waals surface area contributed by atoms with Gasteiger partial charge in [0.2, 0.25) is 10.0 Å². The molecule has 1 heterocycles. The van der Waals surface area contributed by atoms with Crippen molar-refractivity contribution in [2.24, 2.45) is 10.9 Å². The lowest BCUT2D eigenvalue weighted by Crippen LogP contribution is -2.44. The first-order valence-corrected chi connectivity index (χ1v) is 10.9. The molecule has 1 aliphatic heterocycles. The predicted molar refractivity (Wildman–Crippen MR) is 107 cm³/mol. The van der Waals surface area contributed by atoms with Crippen LogP contribution in [0.25, 0.3) is 0 Å². The van der Waals surface area contributed by atoms with Crippen LogP contribution in [0.5, 0.6) is 0 Å². The summed E-state index contributed by atoms with van der Waals surface area (Å²) in [6.07, 6.45) is 1.89. The summed E-state index contributed by atoms with van der Waals surface area (Å²) < 4.78 is 26.7. The lowest BCUT2D eigenvalue weighted by molar-refractivity contribution is 0.477. The van der Waals surface area contributed by atoms with Crippen LogP contribution in [0.4, 0.5) is 0 Å². The molecule has 0 saturated carbocycles.